The third-order valence-corrected chi connectivity index (χ3v) is 3.17. The molecule has 0 rings (SSSR count). The lowest BCUT2D eigenvalue weighted by atomic mass is 10.1. The maximum absolute atomic E-state index is 9.06. The van der Waals surface area contributed by atoms with Crippen LogP contribution < -0.4 is 5.32 Å². The Morgan fingerprint density at radius 3 is 1.58 bits per heavy atom. The van der Waals surface area contributed by atoms with Crippen LogP contribution in [0.3, 0.4) is 0 Å². The molecule has 5 nitrogen and oxygen atoms in total. The third kappa shape index (κ3) is 15.7. The van der Waals surface area contributed by atoms with E-state index in [0.717, 1.165) is 12.8 Å². The number of aliphatic hydroxyl groups is 3. The molecule has 0 aliphatic heterocycles. The van der Waals surface area contributed by atoms with Crippen LogP contribution in [0.15, 0.2) is 0 Å². The van der Waals surface area contributed by atoms with Crippen molar-refractivity contribution in [1.29, 1.82) is 0 Å². The summed E-state index contributed by atoms with van der Waals surface area (Å²) in [5, 5.41) is 29.0. The van der Waals surface area contributed by atoms with Crippen LogP contribution in [0, 0.1) is 0 Å². The van der Waals surface area contributed by atoms with Crippen molar-refractivity contribution < 1.29 is 20.8 Å². The van der Waals surface area contributed by atoms with Gasteiger partial charge in [-0.15, -0.1) is 0 Å². The largest absolute Gasteiger partial charge is 0.412 e. The van der Waals surface area contributed by atoms with E-state index in [1.165, 1.54) is 51.4 Å². The molecule has 0 aromatic rings. The van der Waals surface area contributed by atoms with Gasteiger partial charge in [-0.25, -0.2) is 0 Å². The zero-order valence-corrected chi connectivity index (χ0v) is 12.3. The van der Waals surface area contributed by atoms with Crippen LogP contribution in [-0.2, 0) is 0 Å². The minimum atomic E-state index is -1.69. The summed E-state index contributed by atoms with van der Waals surface area (Å²) in [6.07, 6.45) is 9.82. The number of unbranched alkanes of at least 4 members (excludes halogenated alkanes) is 9. The van der Waals surface area contributed by atoms with Crippen LogP contribution >= 0.6 is 0 Å². The van der Waals surface area contributed by atoms with Crippen LogP contribution in [0.1, 0.15) is 71.1 Å². The SMILES string of the molecule is CCCCCCCCCCCCNC(O)C(O)O.O. The molecule has 0 radical (unpaired) electrons. The average molecular weight is 279 g/mol. The second-order valence-corrected chi connectivity index (χ2v) is 4.99. The highest BCUT2D eigenvalue weighted by molar-refractivity contribution is 4.55. The van der Waals surface area contributed by atoms with Gasteiger partial charge < -0.3 is 20.8 Å². The molecule has 0 aromatic heterocycles. The lowest BCUT2D eigenvalue weighted by molar-refractivity contribution is -0.132. The molecule has 19 heavy (non-hydrogen) atoms. The lowest BCUT2D eigenvalue weighted by Gasteiger charge is -2.13. The Bertz CT molecular complexity index is 168. The van der Waals surface area contributed by atoms with Crippen molar-refractivity contribution >= 4 is 0 Å². The highest BCUT2D eigenvalue weighted by Crippen LogP contribution is 2.10. The van der Waals surface area contributed by atoms with E-state index < -0.39 is 12.5 Å². The third-order valence-electron chi connectivity index (χ3n) is 3.17. The summed E-state index contributed by atoms with van der Waals surface area (Å²) in [4.78, 5) is 0. The van der Waals surface area contributed by atoms with Gasteiger partial charge in [0.2, 0.25) is 0 Å². The maximum Gasteiger partial charge on any atom is 0.192 e. The summed E-state index contributed by atoms with van der Waals surface area (Å²) in [5.74, 6) is 0. The summed E-state index contributed by atoms with van der Waals surface area (Å²) >= 11 is 0. The van der Waals surface area contributed by atoms with Gasteiger partial charge in [0.05, 0.1) is 0 Å². The predicted octanol–water partition coefficient (Wildman–Crippen LogP) is 1.30. The summed E-state index contributed by atoms with van der Waals surface area (Å²) in [6.45, 7) is 2.87. The molecular weight excluding hydrogens is 246 g/mol. The van der Waals surface area contributed by atoms with Gasteiger partial charge in [0.15, 0.2) is 12.5 Å². The fourth-order valence-corrected chi connectivity index (χ4v) is 1.97. The topological polar surface area (TPSA) is 104 Å². The summed E-state index contributed by atoms with van der Waals surface area (Å²) in [7, 11) is 0. The molecule has 0 amide bonds. The number of hydrogen-bond acceptors (Lipinski definition) is 4. The average Bonchev–Trinajstić information content (AvgIpc) is 2.35. The standard InChI is InChI=1S/C14H31NO3.H2O/c1-2-3-4-5-6-7-8-9-10-11-12-15-13(16)14(17)18;/h13-18H,2-12H2,1H3;1H2. The van der Waals surface area contributed by atoms with E-state index >= 15 is 0 Å². The molecular formula is C14H33NO4. The fourth-order valence-electron chi connectivity index (χ4n) is 1.97. The van der Waals surface area contributed by atoms with E-state index in [1.807, 2.05) is 0 Å². The van der Waals surface area contributed by atoms with Crippen molar-refractivity contribution in [3.8, 4) is 0 Å². The van der Waals surface area contributed by atoms with E-state index in [-0.39, 0.29) is 5.48 Å². The zero-order valence-electron chi connectivity index (χ0n) is 12.3. The lowest BCUT2D eigenvalue weighted by Crippen LogP contribution is -2.39. The maximum atomic E-state index is 9.06. The normalized spacial score (nSPS) is 12.5. The highest BCUT2D eigenvalue weighted by Gasteiger charge is 2.09. The first-order valence-electron chi connectivity index (χ1n) is 7.46. The van der Waals surface area contributed by atoms with E-state index in [1.54, 1.807) is 0 Å². The molecule has 0 spiro atoms. The molecule has 118 valence electrons. The highest BCUT2D eigenvalue weighted by atomic mass is 16.5. The molecule has 0 saturated heterocycles. The van der Waals surface area contributed by atoms with Gasteiger partial charge in [-0.1, -0.05) is 64.7 Å². The second-order valence-electron chi connectivity index (χ2n) is 4.99. The zero-order chi connectivity index (χ0) is 13.6. The first-order chi connectivity index (χ1) is 8.68. The quantitative estimate of drug-likeness (QED) is 0.301. The van der Waals surface area contributed by atoms with E-state index in [9.17, 15) is 0 Å². The monoisotopic (exact) mass is 279 g/mol. The van der Waals surface area contributed by atoms with Gasteiger partial charge >= 0.3 is 0 Å². The molecule has 6 N–H and O–H groups in total. The van der Waals surface area contributed by atoms with Crippen molar-refractivity contribution in [2.75, 3.05) is 6.54 Å². The van der Waals surface area contributed by atoms with Crippen molar-refractivity contribution in [1.82, 2.24) is 5.32 Å². The summed E-state index contributed by atoms with van der Waals surface area (Å²) in [5.41, 5.74) is 0. The molecule has 1 unspecified atom stereocenters. The van der Waals surface area contributed by atoms with Crippen molar-refractivity contribution in [3.63, 3.8) is 0 Å². The van der Waals surface area contributed by atoms with E-state index in [2.05, 4.69) is 12.2 Å². The first-order valence-corrected chi connectivity index (χ1v) is 7.46. The number of nitrogens with one attached hydrogen (secondary N) is 1. The van der Waals surface area contributed by atoms with Crippen LogP contribution in [0.4, 0.5) is 0 Å². The molecule has 5 heteroatoms. The van der Waals surface area contributed by atoms with Crippen molar-refractivity contribution in [2.24, 2.45) is 0 Å². The number of hydrogen-bond donors (Lipinski definition) is 4. The minimum absolute atomic E-state index is 0. The molecule has 0 heterocycles. The number of aliphatic hydroxyl groups excluding tert-OH is 2. The van der Waals surface area contributed by atoms with Crippen LogP contribution in [0.5, 0.6) is 0 Å². The molecule has 0 aliphatic carbocycles. The molecule has 0 bridgehead atoms. The Hall–Kier alpha value is -0.200. The Labute approximate surface area is 117 Å². The summed E-state index contributed by atoms with van der Waals surface area (Å²) < 4.78 is 0. The van der Waals surface area contributed by atoms with E-state index in [0.29, 0.717) is 6.54 Å². The Morgan fingerprint density at radius 2 is 1.16 bits per heavy atom. The molecule has 0 saturated carbocycles. The van der Waals surface area contributed by atoms with Gasteiger partial charge in [0.25, 0.3) is 0 Å². The van der Waals surface area contributed by atoms with Crippen molar-refractivity contribution in [2.45, 2.75) is 83.6 Å². The molecule has 0 fully saturated rings. The van der Waals surface area contributed by atoms with Gasteiger partial charge in [-0.2, -0.15) is 0 Å². The van der Waals surface area contributed by atoms with E-state index in [4.69, 9.17) is 15.3 Å². The Kier molecular flexibility index (Phi) is 17.6. The van der Waals surface area contributed by atoms with Gasteiger partial charge in [0.1, 0.15) is 0 Å². The Morgan fingerprint density at radius 1 is 0.737 bits per heavy atom. The van der Waals surface area contributed by atoms with Crippen molar-refractivity contribution in [3.05, 3.63) is 0 Å². The first kappa shape index (κ1) is 21.1. The van der Waals surface area contributed by atoms with Gasteiger partial charge in [-0.3, -0.25) is 5.32 Å². The summed E-state index contributed by atoms with van der Waals surface area (Å²) in [6, 6.07) is 0. The molecule has 0 aliphatic rings. The fraction of sp³-hybridized carbons (Fsp3) is 1.00. The van der Waals surface area contributed by atoms with Gasteiger partial charge in [-0.05, 0) is 13.0 Å². The smallest absolute Gasteiger partial charge is 0.192 e. The Balaban J connectivity index is 0. The molecule has 0 aromatic carbocycles. The van der Waals surface area contributed by atoms with Crippen LogP contribution in [0.2, 0.25) is 0 Å². The van der Waals surface area contributed by atoms with Crippen LogP contribution in [-0.4, -0.2) is 39.9 Å². The predicted molar refractivity (Wildman–Crippen MR) is 77.7 cm³/mol. The molecule has 1 atom stereocenters. The van der Waals surface area contributed by atoms with Crippen LogP contribution in [0.25, 0.3) is 0 Å². The minimum Gasteiger partial charge on any atom is -0.412 e. The number of rotatable bonds is 13. The second kappa shape index (κ2) is 15.9. The van der Waals surface area contributed by atoms with Gasteiger partial charge in [0, 0.05) is 0 Å².